The van der Waals surface area contributed by atoms with Gasteiger partial charge in [-0.2, -0.15) is 0 Å². The molecule has 0 aromatic carbocycles. The van der Waals surface area contributed by atoms with Gasteiger partial charge < -0.3 is 16.4 Å². The number of hydrogen-bond donors (Lipinski definition) is 3. The SMILES string of the molecule is O.O.O.O=C(O)C1[O][Sb][O]C(C(=O)O)C1O. The molecule has 0 bridgehead atoms. The predicted molar refractivity (Wildman–Crippen MR) is 47.6 cm³/mol. The first-order valence-corrected chi connectivity index (χ1v) is 5.28. The Morgan fingerprint density at radius 3 is 1.50 bits per heavy atom. The number of carboxylic acid groups (broad SMARTS) is 2. The van der Waals surface area contributed by atoms with Crippen LogP contribution in [0.5, 0.6) is 0 Å². The maximum atomic E-state index is 10.4. The standard InChI is InChI=1S/C5H6O7.3H2O.Sb/c6-1(2(7)4(9)10)3(8)5(11)12;;;;/h1-3,6H,(H,9,10)(H,11,12);3*1H2;/q-2;;;;+2. The molecule has 0 aromatic rings. The van der Waals surface area contributed by atoms with Gasteiger partial charge >= 0.3 is 83.6 Å². The van der Waals surface area contributed by atoms with Crippen LogP contribution in [0.4, 0.5) is 0 Å². The number of carboxylic acids is 2. The molecule has 0 aliphatic carbocycles. The quantitative estimate of drug-likeness (QED) is 0.413. The third-order valence-corrected chi connectivity index (χ3v) is 3.21. The van der Waals surface area contributed by atoms with Crippen LogP contribution in [-0.4, -0.2) is 84.5 Å². The Hall–Kier alpha value is -0.482. The first kappa shape index (κ1) is 20.9. The van der Waals surface area contributed by atoms with E-state index in [1.807, 2.05) is 0 Å². The van der Waals surface area contributed by atoms with Crippen LogP contribution >= 0.6 is 0 Å². The molecule has 16 heavy (non-hydrogen) atoms. The summed E-state index contributed by atoms with van der Waals surface area (Å²) >= 11 is -1.72. The van der Waals surface area contributed by atoms with Crippen LogP contribution in [-0.2, 0) is 15.6 Å². The van der Waals surface area contributed by atoms with Crippen molar-refractivity contribution in [3.63, 3.8) is 0 Å². The monoisotopic (exact) mass is 353 g/mol. The summed E-state index contributed by atoms with van der Waals surface area (Å²) in [5.41, 5.74) is 0. The van der Waals surface area contributed by atoms with Crippen LogP contribution in [0.3, 0.4) is 0 Å². The van der Waals surface area contributed by atoms with Crippen molar-refractivity contribution in [2.24, 2.45) is 0 Å². The molecule has 0 spiro atoms. The van der Waals surface area contributed by atoms with Gasteiger partial charge in [-0.15, -0.1) is 0 Å². The molecule has 1 rings (SSSR count). The molecular formula is C5H12O10Sb. The number of aliphatic carboxylic acids is 2. The fourth-order valence-corrected chi connectivity index (χ4v) is 2.68. The Morgan fingerprint density at radius 2 is 1.25 bits per heavy atom. The molecule has 1 saturated heterocycles. The van der Waals surface area contributed by atoms with E-state index < -0.39 is 52.7 Å². The molecule has 1 fully saturated rings. The Kier molecular flexibility index (Phi) is 11.3. The number of hydrogen-bond acceptors (Lipinski definition) is 5. The van der Waals surface area contributed by atoms with Gasteiger partial charge in [0.2, 0.25) is 0 Å². The summed E-state index contributed by atoms with van der Waals surface area (Å²) in [6.07, 6.45) is -4.61. The van der Waals surface area contributed by atoms with Crippen LogP contribution in [0.2, 0.25) is 0 Å². The average molecular weight is 354 g/mol. The van der Waals surface area contributed by atoms with E-state index in [0.29, 0.717) is 0 Å². The molecule has 0 amide bonds. The third-order valence-electron chi connectivity index (χ3n) is 1.42. The van der Waals surface area contributed by atoms with E-state index in [1.165, 1.54) is 0 Å². The van der Waals surface area contributed by atoms with Gasteiger partial charge in [0.1, 0.15) is 0 Å². The topological polar surface area (TPSA) is 208 Å². The van der Waals surface area contributed by atoms with E-state index in [2.05, 4.69) is 6.03 Å². The Bertz CT molecular complexity index is 209. The Balaban J connectivity index is -0.000000563. The first-order chi connectivity index (χ1) is 6.04. The normalized spacial score (nSPS) is 27.7. The summed E-state index contributed by atoms with van der Waals surface area (Å²) in [5.74, 6) is -2.75. The van der Waals surface area contributed by atoms with Gasteiger partial charge in [0.15, 0.2) is 0 Å². The van der Waals surface area contributed by atoms with Gasteiger partial charge in [0.05, 0.1) is 0 Å². The molecule has 0 saturated carbocycles. The molecular weight excluding hydrogens is 342 g/mol. The van der Waals surface area contributed by atoms with Crippen molar-refractivity contribution in [2.75, 3.05) is 0 Å². The minimum absolute atomic E-state index is 0. The number of rotatable bonds is 2. The second kappa shape index (κ2) is 8.65. The van der Waals surface area contributed by atoms with E-state index in [9.17, 15) is 14.7 Å². The zero-order valence-electron chi connectivity index (χ0n) is 7.65. The van der Waals surface area contributed by atoms with Gasteiger partial charge in [-0.1, -0.05) is 0 Å². The summed E-state index contributed by atoms with van der Waals surface area (Å²) in [4.78, 5) is 20.8. The number of carbonyl (C=O) groups is 2. The molecule has 1 heterocycles. The van der Waals surface area contributed by atoms with Gasteiger partial charge in [0.25, 0.3) is 0 Å². The number of aliphatic hydroxyl groups is 1. The van der Waals surface area contributed by atoms with E-state index in [4.69, 9.17) is 10.2 Å². The van der Waals surface area contributed by atoms with Crippen LogP contribution in [0.15, 0.2) is 0 Å². The van der Waals surface area contributed by atoms with E-state index in [1.54, 1.807) is 0 Å². The third kappa shape index (κ3) is 4.57. The minimum atomic E-state index is -1.72. The van der Waals surface area contributed by atoms with Crippen LogP contribution in [0.25, 0.3) is 0 Å². The van der Waals surface area contributed by atoms with E-state index in [0.717, 1.165) is 0 Å². The van der Waals surface area contributed by atoms with Crippen molar-refractivity contribution >= 4 is 34.4 Å². The van der Waals surface area contributed by atoms with Crippen molar-refractivity contribution in [1.82, 2.24) is 0 Å². The molecule has 2 atom stereocenters. The summed E-state index contributed by atoms with van der Waals surface area (Å²) < 4.78 is 9.29. The molecule has 1 aliphatic heterocycles. The summed E-state index contributed by atoms with van der Waals surface area (Å²) in [6, 6.07) is 0. The van der Waals surface area contributed by atoms with Crippen molar-refractivity contribution in [2.45, 2.75) is 18.3 Å². The Labute approximate surface area is 100 Å². The maximum absolute atomic E-state index is 10.4. The summed E-state index contributed by atoms with van der Waals surface area (Å²) in [5, 5.41) is 26.2. The van der Waals surface area contributed by atoms with Crippen molar-refractivity contribution in [1.29, 1.82) is 0 Å². The van der Waals surface area contributed by atoms with Crippen molar-refractivity contribution in [3.05, 3.63) is 0 Å². The molecule has 2 unspecified atom stereocenters. The fourth-order valence-electron chi connectivity index (χ4n) is 0.783. The molecule has 10 nitrogen and oxygen atoms in total. The van der Waals surface area contributed by atoms with Crippen LogP contribution < -0.4 is 0 Å². The van der Waals surface area contributed by atoms with Crippen LogP contribution in [0.1, 0.15) is 0 Å². The summed E-state index contributed by atoms with van der Waals surface area (Å²) in [7, 11) is 0. The van der Waals surface area contributed by atoms with Gasteiger partial charge in [0, 0.05) is 0 Å². The molecule has 1 aliphatic rings. The fraction of sp³-hybridized carbons (Fsp3) is 0.600. The zero-order valence-corrected chi connectivity index (χ0v) is 10.2. The van der Waals surface area contributed by atoms with Crippen LogP contribution in [0, 0.1) is 0 Å². The van der Waals surface area contributed by atoms with Gasteiger partial charge in [-0.3, -0.25) is 0 Å². The Morgan fingerprint density at radius 1 is 0.938 bits per heavy atom. The van der Waals surface area contributed by atoms with Crippen molar-refractivity contribution < 1.29 is 47.4 Å². The molecule has 11 heteroatoms. The first-order valence-electron chi connectivity index (χ1n) is 3.19. The molecule has 97 valence electrons. The van der Waals surface area contributed by atoms with E-state index >= 15 is 0 Å². The van der Waals surface area contributed by atoms with E-state index in [-0.39, 0.29) is 16.4 Å². The van der Waals surface area contributed by atoms with Gasteiger partial charge in [-0.25, -0.2) is 0 Å². The summed E-state index contributed by atoms with van der Waals surface area (Å²) in [6.45, 7) is 0. The van der Waals surface area contributed by atoms with Gasteiger partial charge in [-0.05, 0) is 0 Å². The molecule has 0 aromatic heterocycles. The second-order valence-electron chi connectivity index (χ2n) is 2.29. The molecule has 9 N–H and O–H groups in total. The van der Waals surface area contributed by atoms with Crippen molar-refractivity contribution in [3.8, 4) is 0 Å². The average Bonchev–Trinajstić information content (AvgIpc) is 2.03. The molecule has 1 radical (unpaired) electrons. The predicted octanol–water partition coefficient (Wildman–Crippen LogP) is -4.64. The zero-order chi connectivity index (χ0) is 10.0. The second-order valence-corrected chi connectivity index (χ2v) is 3.92. The number of aliphatic hydroxyl groups excluding tert-OH is 1.